The lowest BCUT2D eigenvalue weighted by atomic mass is 10.2. The summed E-state index contributed by atoms with van der Waals surface area (Å²) >= 11 is 0. The van der Waals surface area contributed by atoms with Crippen LogP contribution in [0.15, 0.2) is 30.3 Å². The van der Waals surface area contributed by atoms with Crippen molar-refractivity contribution in [2.45, 2.75) is 6.92 Å². The Morgan fingerprint density at radius 2 is 1.82 bits per heavy atom. The Kier molecular flexibility index (Phi) is 4.88. The molecule has 0 spiro atoms. The Bertz CT molecular complexity index is 619. The number of nitrogens with zero attached hydrogens (tertiary/aromatic N) is 3. The van der Waals surface area contributed by atoms with Crippen molar-refractivity contribution in [2.24, 2.45) is 0 Å². The molecular weight excluding hydrogens is 286 g/mol. The molecule has 0 aliphatic carbocycles. The lowest BCUT2D eigenvalue weighted by Gasteiger charge is -2.33. The summed E-state index contributed by atoms with van der Waals surface area (Å²) in [6, 6.07) is 6.09. The largest absolute Gasteiger partial charge is 0.339 e. The maximum absolute atomic E-state index is 12.1. The van der Waals surface area contributed by atoms with E-state index < -0.39 is 4.92 Å². The van der Waals surface area contributed by atoms with Gasteiger partial charge < -0.3 is 9.80 Å². The van der Waals surface area contributed by atoms with Crippen molar-refractivity contribution in [1.29, 1.82) is 0 Å². The molecule has 1 aliphatic rings. The van der Waals surface area contributed by atoms with Crippen LogP contribution >= 0.6 is 0 Å². The van der Waals surface area contributed by atoms with E-state index in [1.165, 1.54) is 25.1 Å². The Morgan fingerprint density at radius 1 is 1.18 bits per heavy atom. The number of amides is 2. The third kappa shape index (κ3) is 3.91. The molecule has 2 amide bonds. The van der Waals surface area contributed by atoms with Crippen LogP contribution in [0.25, 0.3) is 6.08 Å². The fourth-order valence-corrected chi connectivity index (χ4v) is 2.26. The monoisotopic (exact) mass is 303 g/mol. The predicted molar refractivity (Wildman–Crippen MR) is 81.0 cm³/mol. The number of piperazine rings is 1. The van der Waals surface area contributed by atoms with Gasteiger partial charge in [0.1, 0.15) is 0 Å². The van der Waals surface area contributed by atoms with Gasteiger partial charge in [0.15, 0.2) is 0 Å². The number of non-ortho nitro benzene ring substituents is 1. The SMILES string of the molecule is CC(=O)N1CCN(C(=O)/C=C/c2cccc([N+](=O)[O-])c2)CC1. The topological polar surface area (TPSA) is 83.8 Å². The molecule has 0 atom stereocenters. The molecule has 7 nitrogen and oxygen atoms in total. The molecule has 0 saturated carbocycles. The molecule has 1 fully saturated rings. The minimum absolute atomic E-state index is 0.00956. The third-order valence-electron chi connectivity index (χ3n) is 3.54. The van der Waals surface area contributed by atoms with Gasteiger partial charge in [-0.3, -0.25) is 19.7 Å². The molecule has 0 aromatic heterocycles. The zero-order valence-electron chi connectivity index (χ0n) is 12.3. The Hall–Kier alpha value is -2.70. The normalized spacial score (nSPS) is 15.1. The summed E-state index contributed by atoms with van der Waals surface area (Å²) in [6.07, 6.45) is 2.97. The number of nitro groups is 1. The van der Waals surface area contributed by atoms with Crippen LogP contribution < -0.4 is 0 Å². The lowest BCUT2D eigenvalue weighted by Crippen LogP contribution is -2.49. The van der Waals surface area contributed by atoms with Gasteiger partial charge in [0.05, 0.1) is 4.92 Å². The standard InChI is InChI=1S/C15H17N3O4/c1-12(19)16-7-9-17(10-8-16)15(20)6-5-13-3-2-4-14(11-13)18(21)22/h2-6,11H,7-10H2,1H3/b6-5+. The van der Waals surface area contributed by atoms with E-state index in [-0.39, 0.29) is 17.5 Å². The lowest BCUT2D eigenvalue weighted by molar-refractivity contribution is -0.384. The van der Waals surface area contributed by atoms with E-state index in [4.69, 9.17) is 0 Å². The fourth-order valence-electron chi connectivity index (χ4n) is 2.26. The van der Waals surface area contributed by atoms with Crippen LogP contribution in [0.3, 0.4) is 0 Å². The predicted octanol–water partition coefficient (Wildman–Crippen LogP) is 1.30. The Morgan fingerprint density at radius 3 is 2.41 bits per heavy atom. The highest BCUT2D eigenvalue weighted by Gasteiger charge is 2.20. The maximum atomic E-state index is 12.1. The van der Waals surface area contributed by atoms with Crippen molar-refractivity contribution in [3.05, 3.63) is 46.0 Å². The minimum Gasteiger partial charge on any atom is -0.339 e. The van der Waals surface area contributed by atoms with Crippen LogP contribution in [-0.4, -0.2) is 52.7 Å². The molecule has 1 aliphatic heterocycles. The first-order valence-electron chi connectivity index (χ1n) is 6.94. The van der Waals surface area contributed by atoms with Gasteiger partial charge in [0.2, 0.25) is 11.8 Å². The second-order valence-electron chi connectivity index (χ2n) is 5.02. The average molecular weight is 303 g/mol. The molecule has 0 unspecified atom stereocenters. The second kappa shape index (κ2) is 6.84. The van der Waals surface area contributed by atoms with Crippen LogP contribution in [0.1, 0.15) is 12.5 Å². The summed E-state index contributed by atoms with van der Waals surface area (Å²) in [5, 5.41) is 10.7. The summed E-state index contributed by atoms with van der Waals surface area (Å²) in [6.45, 7) is 3.58. The number of hydrogen-bond acceptors (Lipinski definition) is 4. The van der Waals surface area contributed by atoms with E-state index in [9.17, 15) is 19.7 Å². The first kappa shape index (κ1) is 15.7. The van der Waals surface area contributed by atoms with Crippen molar-refractivity contribution >= 4 is 23.6 Å². The van der Waals surface area contributed by atoms with E-state index in [1.807, 2.05) is 0 Å². The molecule has 7 heteroatoms. The number of carbonyl (C=O) groups excluding carboxylic acids is 2. The molecule has 1 heterocycles. The maximum Gasteiger partial charge on any atom is 0.270 e. The van der Waals surface area contributed by atoms with Crippen LogP contribution in [-0.2, 0) is 9.59 Å². The molecule has 0 N–H and O–H groups in total. The van der Waals surface area contributed by atoms with E-state index >= 15 is 0 Å². The van der Waals surface area contributed by atoms with Gasteiger partial charge in [0, 0.05) is 51.3 Å². The molecule has 1 saturated heterocycles. The number of rotatable bonds is 3. The smallest absolute Gasteiger partial charge is 0.270 e. The van der Waals surface area contributed by atoms with Gasteiger partial charge in [-0.2, -0.15) is 0 Å². The highest BCUT2D eigenvalue weighted by Crippen LogP contribution is 2.14. The summed E-state index contributed by atoms with van der Waals surface area (Å²) in [7, 11) is 0. The van der Waals surface area contributed by atoms with Crippen molar-refractivity contribution in [3.8, 4) is 0 Å². The van der Waals surface area contributed by atoms with Crippen molar-refractivity contribution in [2.75, 3.05) is 26.2 Å². The zero-order valence-corrected chi connectivity index (χ0v) is 12.3. The van der Waals surface area contributed by atoms with Gasteiger partial charge in [-0.1, -0.05) is 12.1 Å². The Balaban J connectivity index is 1.96. The van der Waals surface area contributed by atoms with Crippen LogP contribution in [0, 0.1) is 10.1 Å². The van der Waals surface area contributed by atoms with E-state index in [0.717, 1.165) is 0 Å². The van der Waals surface area contributed by atoms with Gasteiger partial charge in [0.25, 0.3) is 5.69 Å². The molecule has 116 valence electrons. The van der Waals surface area contributed by atoms with Gasteiger partial charge in [-0.05, 0) is 11.6 Å². The molecular formula is C15H17N3O4. The zero-order chi connectivity index (χ0) is 16.1. The summed E-state index contributed by atoms with van der Waals surface area (Å²) in [5.41, 5.74) is 0.592. The first-order valence-corrected chi connectivity index (χ1v) is 6.94. The number of nitro benzene ring substituents is 1. The minimum atomic E-state index is -0.472. The van der Waals surface area contributed by atoms with E-state index in [0.29, 0.717) is 31.7 Å². The van der Waals surface area contributed by atoms with Crippen molar-refractivity contribution < 1.29 is 14.5 Å². The van der Waals surface area contributed by atoms with E-state index in [1.54, 1.807) is 28.0 Å². The first-order chi connectivity index (χ1) is 10.5. The molecule has 1 aromatic rings. The van der Waals surface area contributed by atoms with Crippen LogP contribution in [0.4, 0.5) is 5.69 Å². The van der Waals surface area contributed by atoms with Crippen LogP contribution in [0.2, 0.25) is 0 Å². The van der Waals surface area contributed by atoms with Gasteiger partial charge >= 0.3 is 0 Å². The summed E-state index contributed by atoms with van der Waals surface area (Å²) in [5.74, 6) is -0.144. The van der Waals surface area contributed by atoms with Crippen molar-refractivity contribution in [1.82, 2.24) is 9.80 Å². The highest BCUT2D eigenvalue weighted by atomic mass is 16.6. The van der Waals surface area contributed by atoms with Crippen molar-refractivity contribution in [3.63, 3.8) is 0 Å². The molecule has 1 aromatic carbocycles. The van der Waals surface area contributed by atoms with Gasteiger partial charge in [-0.25, -0.2) is 0 Å². The third-order valence-corrected chi connectivity index (χ3v) is 3.54. The quantitative estimate of drug-likeness (QED) is 0.478. The summed E-state index contributed by atoms with van der Waals surface area (Å²) in [4.78, 5) is 36.9. The van der Waals surface area contributed by atoms with Gasteiger partial charge in [-0.15, -0.1) is 0 Å². The number of hydrogen-bond donors (Lipinski definition) is 0. The highest BCUT2D eigenvalue weighted by molar-refractivity contribution is 5.92. The average Bonchev–Trinajstić information content (AvgIpc) is 2.53. The van der Waals surface area contributed by atoms with Crippen LogP contribution in [0.5, 0.6) is 0 Å². The molecule has 0 bridgehead atoms. The second-order valence-corrected chi connectivity index (χ2v) is 5.02. The molecule has 22 heavy (non-hydrogen) atoms. The van der Waals surface area contributed by atoms with E-state index in [2.05, 4.69) is 0 Å². The number of benzene rings is 1. The number of carbonyl (C=O) groups is 2. The fraction of sp³-hybridized carbons (Fsp3) is 0.333. The summed E-state index contributed by atoms with van der Waals surface area (Å²) < 4.78 is 0. The molecule has 0 radical (unpaired) electrons. The Labute approximate surface area is 128 Å². The molecule has 2 rings (SSSR count).